The highest BCUT2D eigenvalue weighted by atomic mass is 16.2. The Bertz CT molecular complexity index is 934. The Hall–Kier alpha value is -2.77. The molecule has 3 N–H and O–H groups in total. The summed E-state index contributed by atoms with van der Waals surface area (Å²) in [6.07, 6.45) is 4.16. The van der Waals surface area contributed by atoms with E-state index in [0.717, 1.165) is 18.4 Å². The monoisotopic (exact) mass is 391 g/mol. The van der Waals surface area contributed by atoms with Crippen LogP contribution in [-0.4, -0.2) is 42.0 Å². The summed E-state index contributed by atoms with van der Waals surface area (Å²) in [5.74, 6) is 0.942. The number of likely N-dealkylation sites (N-methyl/N-ethyl adjacent to an activating group) is 1. The molecule has 2 aromatic rings. The van der Waals surface area contributed by atoms with Crippen molar-refractivity contribution in [3.05, 3.63) is 59.8 Å². The van der Waals surface area contributed by atoms with Gasteiger partial charge in [-0.25, -0.2) is 10.4 Å². The van der Waals surface area contributed by atoms with Crippen LogP contribution in [0.4, 0.5) is 5.82 Å². The number of hydrogen-bond donors (Lipinski definition) is 3. The summed E-state index contributed by atoms with van der Waals surface area (Å²) in [5.41, 5.74) is 8.67. The Morgan fingerprint density at radius 3 is 2.83 bits per heavy atom. The van der Waals surface area contributed by atoms with Crippen LogP contribution in [0.15, 0.2) is 48.7 Å². The molecule has 1 aliphatic carbocycles. The lowest BCUT2D eigenvalue weighted by Crippen LogP contribution is -2.53. The number of carbonyl (C=O) groups excluding carboxylic acids is 2. The fourth-order valence-corrected chi connectivity index (χ4v) is 4.66. The Morgan fingerprint density at radius 1 is 1.17 bits per heavy atom. The van der Waals surface area contributed by atoms with E-state index in [1.54, 1.807) is 18.1 Å². The van der Waals surface area contributed by atoms with Gasteiger partial charge in [0.25, 0.3) is 5.91 Å². The minimum absolute atomic E-state index is 0.0879. The molecule has 3 aliphatic rings. The number of aromatic nitrogens is 1. The van der Waals surface area contributed by atoms with Crippen molar-refractivity contribution in [3.8, 4) is 0 Å². The maximum absolute atomic E-state index is 13.0. The van der Waals surface area contributed by atoms with E-state index in [1.807, 2.05) is 30.3 Å². The van der Waals surface area contributed by atoms with Gasteiger partial charge in [0.2, 0.25) is 5.91 Å². The molecular weight excluding hydrogens is 366 g/mol. The molecule has 0 spiro atoms. The van der Waals surface area contributed by atoms with Crippen LogP contribution in [0.25, 0.3) is 0 Å². The van der Waals surface area contributed by atoms with Crippen LogP contribution < -0.4 is 21.1 Å². The van der Waals surface area contributed by atoms with E-state index in [9.17, 15) is 9.59 Å². The number of rotatable bonds is 4. The van der Waals surface area contributed by atoms with E-state index >= 15 is 0 Å². The van der Waals surface area contributed by atoms with E-state index in [0.29, 0.717) is 18.2 Å². The van der Waals surface area contributed by atoms with Crippen LogP contribution >= 0.6 is 0 Å². The molecule has 1 saturated carbocycles. The predicted octanol–water partition coefficient (Wildman–Crippen LogP) is 1.12. The van der Waals surface area contributed by atoms with E-state index in [1.165, 1.54) is 5.56 Å². The number of anilines is 1. The van der Waals surface area contributed by atoms with Crippen LogP contribution in [0.3, 0.4) is 0 Å². The van der Waals surface area contributed by atoms with Gasteiger partial charge in [0.15, 0.2) is 0 Å². The van der Waals surface area contributed by atoms with Crippen molar-refractivity contribution in [1.82, 2.24) is 21.2 Å². The van der Waals surface area contributed by atoms with Gasteiger partial charge < -0.3 is 5.32 Å². The van der Waals surface area contributed by atoms with Gasteiger partial charge in [-0.1, -0.05) is 36.4 Å². The third-order valence-electron chi connectivity index (χ3n) is 6.32. The third kappa shape index (κ3) is 3.41. The number of benzene rings is 1. The molecule has 2 fully saturated rings. The summed E-state index contributed by atoms with van der Waals surface area (Å²) >= 11 is 0. The van der Waals surface area contributed by atoms with Gasteiger partial charge in [-0.3, -0.25) is 19.9 Å². The van der Waals surface area contributed by atoms with Gasteiger partial charge in [-0.15, -0.1) is 0 Å². The Balaban J connectivity index is 1.24. The first-order chi connectivity index (χ1) is 14.1. The van der Waals surface area contributed by atoms with Crippen molar-refractivity contribution in [1.29, 1.82) is 0 Å². The summed E-state index contributed by atoms with van der Waals surface area (Å²) in [7, 11) is 1.74. The number of carbonyl (C=O) groups is 2. The lowest BCUT2D eigenvalue weighted by Gasteiger charge is -2.23. The third-order valence-corrected chi connectivity index (χ3v) is 6.32. The highest BCUT2D eigenvalue weighted by molar-refractivity contribution is 6.01. The molecule has 0 radical (unpaired) electrons. The molecule has 2 unspecified atom stereocenters. The molecule has 5 rings (SSSR count). The van der Waals surface area contributed by atoms with Crippen LogP contribution in [0.2, 0.25) is 0 Å². The van der Waals surface area contributed by atoms with Gasteiger partial charge in [-0.2, -0.15) is 0 Å². The van der Waals surface area contributed by atoms with E-state index < -0.39 is 6.04 Å². The second-order valence-electron chi connectivity index (χ2n) is 8.27. The maximum Gasteiger partial charge on any atom is 0.250 e. The summed E-state index contributed by atoms with van der Waals surface area (Å²) < 4.78 is 0. The number of pyridine rings is 1. The van der Waals surface area contributed by atoms with E-state index in [4.69, 9.17) is 0 Å². The molecule has 0 bridgehead atoms. The minimum atomic E-state index is -0.498. The Kier molecular flexibility index (Phi) is 4.56. The number of fused-ring (bicyclic) bond motifs is 3. The summed E-state index contributed by atoms with van der Waals surface area (Å²) in [6.45, 7) is 0. The molecular formula is C22H25N5O2. The lowest BCUT2D eigenvalue weighted by atomic mass is 10.0. The molecule has 1 aromatic heterocycles. The quantitative estimate of drug-likeness (QED) is 0.727. The van der Waals surface area contributed by atoms with Crippen molar-refractivity contribution >= 4 is 17.6 Å². The van der Waals surface area contributed by atoms with Crippen molar-refractivity contribution in [2.75, 3.05) is 11.9 Å². The minimum Gasteiger partial charge on any atom is -0.343 e. The van der Waals surface area contributed by atoms with E-state index in [2.05, 4.69) is 33.3 Å². The number of hydrogen-bond acceptors (Lipinski definition) is 5. The first-order valence-electron chi connectivity index (χ1n) is 10.2. The first-order valence-corrected chi connectivity index (χ1v) is 10.2. The lowest BCUT2D eigenvalue weighted by molar-refractivity contribution is -0.129. The fraction of sp³-hybridized carbons (Fsp3) is 0.409. The molecule has 5 atom stereocenters. The van der Waals surface area contributed by atoms with Crippen LogP contribution in [0.5, 0.6) is 0 Å². The molecule has 7 nitrogen and oxygen atoms in total. The van der Waals surface area contributed by atoms with Crippen LogP contribution in [0, 0.1) is 5.92 Å². The van der Waals surface area contributed by atoms with Gasteiger partial charge >= 0.3 is 0 Å². The molecule has 2 aliphatic heterocycles. The zero-order chi connectivity index (χ0) is 20.0. The summed E-state index contributed by atoms with van der Waals surface area (Å²) in [6, 6.07) is 13.5. The molecule has 2 amide bonds. The molecule has 1 saturated heterocycles. The van der Waals surface area contributed by atoms with Crippen molar-refractivity contribution in [2.45, 2.75) is 43.3 Å². The number of amides is 2. The first kappa shape index (κ1) is 18.3. The van der Waals surface area contributed by atoms with Gasteiger partial charge in [0.05, 0.1) is 0 Å². The van der Waals surface area contributed by atoms with Gasteiger partial charge in [0.1, 0.15) is 17.9 Å². The second-order valence-corrected chi connectivity index (χ2v) is 8.27. The molecule has 1 aromatic carbocycles. The largest absolute Gasteiger partial charge is 0.343 e. The van der Waals surface area contributed by atoms with Gasteiger partial charge in [0, 0.05) is 19.3 Å². The number of hydrazine groups is 1. The number of nitrogens with one attached hydrogen (secondary N) is 3. The van der Waals surface area contributed by atoms with Crippen molar-refractivity contribution in [3.63, 3.8) is 0 Å². The summed E-state index contributed by atoms with van der Waals surface area (Å²) in [5, 5.41) is 3.03. The smallest absolute Gasteiger partial charge is 0.250 e. The van der Waals surface area contributed by atoms with Crippen molar-refractivity contribution in [2.24, 2.45) is 5.92 Å². The second kappa shape index (κ2) is 7.24. The SMILES string of the molecule is CN1C(=O)[C@H](NC(=O)C2CC(Cc3ccccc3)NN2)[C@@H]2C[C@@H]2c2cccnc21. The topological polar surface area (TPSA) is 86.4 Å². The Morgan fingerprint density at radius 2 is 2.00 bits per heavy atom. The predicted molar refractivity (Wildman–Crippen MR) is 109 cm³/mol. The normalized spacial score (nSPS) is 30.3. The highest BCUT2D eigenvalue weighted by Crippen LogP contribution is 2.53. The summed E-state index contributed by atoms with van der Waals surface area (Å²) in [4.78, 5) is 31.9. The van der Waals surface area contributed by atoms with Crippen molar-refractivity contribution < 1.29 is 9.59 Å². The fourth-order valence-electron chi connectivity index (χ4n) is 4.66. The molecule has 150 valence electrons. The van der Waals surface area contributed by atoms with Gasteiger partial charge in [-0.05, 0) is 48.3 Å². The maximum atomic E-state index is 13.0. The molecule has 7 heteroatoms. The highest BCUT2D eigenvalue weighted by Gasteiger charge is 2.52. The zero-order valence-electron chi connectivity index (χ0n) is 16.3. The average Bonchev–Trinajstić information content (AvgIpc) is 3.41. The Labute approximate surface area is 169 Å². The van der Waals surface area contributed by atoms with E-state index in [-0.39, 0.29) is 29.8 Å². The van der Waals surface area contributed by atoms with Crippen LogP contribution in [-0.2, 0) is 16.0 Å². The standard InChI is InChI=1S/C22H25N5O2/c1-27-20-15(8-5-9-23-20)16-12-17(16)19(22(27)29)24-21(28)18-11-14(25-26-18)10-13-6-3-2-4-7-13/h2-9,14,16-19,25-26H,10-12H2,1H3,(H,24,28)/t14?,16-,17-,18?,19-/m1/s1. The number of nitrogens with zero attached hydrogens (tertiary/aromatic N) is 2. The van der Waals surface area contributed by atoms with Crippen LogP contribution in [0.1, 0.15) is 29.9 Å². The zero-order valence-corrected chi connectivity index (χ0v) is 16.3. The molecule has 29 heavy (non-hydrogen) atoms. The average molecular weight is 391 g/mol. The molecule has 3 heterocycles.